The maximum absolute atomic E-state index is 12.8. The van der Waals surface area contributed by atoms with Crippen LogP contribution in [0.2, 0.25) is 5.02 Å². The molecule has 1 fully saturated rings. The van der Waals surface area contributed by atoms with Crippen molar-refractivity contribution in [3.63, 3.8) is 0 Å². The summed E-state index contributed by atoms with van der Waals surface area (Å²) in [6.07, 6.45) is 0.445. The van der Waals surface area contributed by atoms with Crippen molar-refractivity contribution in [1.82, 2.24) is 4.90 Å². The normalized spacial score (nSPS) is 19.7. The minimum atomic E-state index is -1.04. The second-order valence-corrected chi connectivity index (χ2v) is 7.55. The molecule has 3 aromatic rings. The summed E-state index contributed by atoms with van der Waals surface area (Å²) < 4.78 is 5.96. The topological polar surface area (TPSA) is 111 Å². The molecular weight excluding hydrogens is 398 g/mol. The molecule has 0 amide bonds. The van der Waals surface area contributed by atoms with Gasteiger partial charge in [-0.15, -0.1) is 0 Å². The third-order valence-electron chi connectivity index (χ3n) is 5.41. The van der Waals surface area contributed by atoms with Gasteiger partial charge in [0.2, 0.25) is 0 Å². The highest BCUT2D eigenvalue weighted by molar-refractivity contribution is 6.33. The van der Waals surface area contributed by atoms with Gasteiger partial charge in [-0.05, 0) is 32.1 Å². The molecule has 2 atom stereocenters. The fraction of sp³-hybridized carbons (Fsp3) is 0.238. The number of carboxylic acids is 1. The Hall–Kier alpha value is -3.03. The molecule has 3 N–H and O–H groups in total. The molecule has 1 saturated heterocycles. The molecular formula is C21H18ClNO6. The second-order valence-electron chi connectivity index (χ2n) is 7.15. The Morgan fingerprint density at radius 3 is 2.62 bits per heavy atom. The molecule has 1 aliphatic rings. The molecule has 8 heteroatoms. The zero-order valence-corrected chi connectivity index (χ0v) is 16.2. The molecule has 0 saturated carbocycles. The second kappa shape index (κ2) is 7.09. The number of likely N-dealkylation sites (tertiary alicyclic amines) is 1. The van der Waals surface area contributed by atoms with Gasteiger partial charge in [-0.1, -0.05) is 23.7 Å². The average molecular weight is 416 g/mol. The molecule has 7 nitrogen and oxygen atoms in total. The number of likely N-dealkylation sites (N-methyl/N-ethyl adjacent to an activating group) is 1. The van der Waals surface area contributed by atoms with E-state index in [0.717, 1.165) is 6.07 Å². The first-order valence-electron chi connectivity index (χ1n) is 9.00. The van der Waals surface area contributed by atoms with E-state index < -0.39 is 29.1 Å². The van der Waals surface area contributed by atoms with Crippen LogP contribution in [0.3, 0.4) is 0 Å². The summed E-state index contributed by atoms with van der Waals surface area (Å²) in [6, 6.07) is 8.17. The number of carbonyl (C=O) groups is 1. The predicted octanol–water partition coefficient (Wildman–Crippen LogP) is 3.40. The fourth-order valence-corrected chi connectivity index (χ4v) is 4.31. The van der Waals surface area contributed by atoms with Crippen LogP contribution in [0, 0.1) is 0 Å². The smallest absolute Gasteiger partial charge is 0.321 e. The maximum Gasteiger partial charge on any atom is 0.321 e. The minimum Gasteiger partial charge on any atom is -0.507 e. The van der Waals surface area contributed by atoms with Crippen LogP contribution in [0.5, 0.6) is 11.5 Å². The molecule has 1 aliphatic heterocycles. The van der Waals surface area contributed by atoms with E-state index in [9.17, 15) is 24.9 Å². The first-order chi connectivity index (χ1) is 13.8. The standard InChI is InChI=1S/C21H18ClNO6/c1-23-7-6-11(19(23)21(27)28)17-13(24)8-14(25)18-15(26)9-16(29-20(17)18)10-4-2-3-5-12(10)22/h2-5,8-9,11,19,24-25H,6-7H2,1H3,(H,27,28)/t11-,19+/m0/s1. The molecule has 0 unspecified atom stereocenters. The van der Waals surface area contributed by atoms with Crippen molar-refractivity contribution in [3.8, 4) is 22.8 Å². The highest BCUT2D eigenvalue weighted by Gasteiger charge is 2.41. The molecule has 0 spiro atoms. The molecule has 1 aromatic heterocycles. The fourth-order valence-electron chi connectivity index (χ4n) is 4.08. The van der Waals surface area contributed by atoms with Crippen LogP contribution in [-0.2, 0) is 4.79 Å². The van der Waals surface area contributed by atoms with Crippen LogP contribution in [0.4, 0.5) is 0 Å². The van der Waals surface area contributed by atoms with Gasteiger partial charge < -0.3 is 19.7 Å². The third kappa shape index (κ3) is 3.12. The van der Waals surface area contributed by atoms with Crippen molar-refractivity contribution in [2.45, 2.75) is 18.4 Å². The van der Waals surface area contributed by atoms with Crippen LogP contribution >= 0.6 is 11.6 Å². The summed E-state index contributed by atoms with van der Waals surface area (Å²) in [5.41, 5.74) is 0.121. The number of fused-ring (bicyclic) bond motifs is 1. The van der Waals surface area contributed by atoms with Crippen molar-refractivity contribution < 1.29 is 24.5 Å². The summed E-state index contributed by atoms with van der Waals surface area (Å²) in [4.78, 5) is 26.3. The van der Waals surface area contributed by atoms with E-state index in [1.54, 1.807) is 36.2 Å². The third-order valence-corrected chi connectivity index (χ3v) is 5.74. The van der Waals surface area contributed by atoms with Gasteiger partial charge in [0.05, 0.1) is 5.02 Å². The van der Waals surface area contributed by atoms with Gasteiger partial charge in [-0.2, -0.15) is 0 Å². The molecule has 29 heavy (non-hydrogen) atoms. The van der Waals surface area contributed by atoms with Crippen LogP contribution in [0.25, 0.3) is 22.3 Å². The Morgan fingerprint density at radius 2 is 1.93 bits per heavy atom. The quantitative estimate of drug-likeness (QED) is 0.601. The number of phenolic OH excluding ortho intramolecular Hbond substituents is 2. The number of aromatic hydroxyl groups is 2. The Bertz CT molecular complexity index is 1190. The van der Waals surface area contributed by atoms with Crippen LogP contribution in [-0.4, -0.2) is 45.8 Å². The number of hydrogen-bond acceptors (Lipinski definition) is 6. The lowest BCUT2D eigenvalue weighted by molar-refractivity contribution is -0.142. The van der Waals surface area contributed by atoms with Crippen molar-refractivity contribution in [2.75, 3.05) is 13.6 Å². The summed E-state index contributed by atoms with van der Waals surface area (Å²) in [7, 11) is 1.68. The highest BCUT2D eigenvalue weighted by atomic mass is 35.5. The molecule has 0 bridgehead atoms. The summed E-state index contributed by atoms with van der Waals surface area (Å²) in [5, 5.41) is 30.8. The van der Waals surface area contributed by atoms with E-state index in [1.807, 2.05) is 0 Å². The van der Waals surface area contributed by atoms with Gasteiger partial charge in [0, 0.05) is 29.2 Å². The average Bonchev–Trinajstić information content (AvgIpc) is 3.02. The Morgan fingerprint density at radius 1 is 1.21 bits per heavy atom. The number of phenols is 2. The summed E-state index contributed by atoms with van der Waals surface area (Å²) >= 11 is 6.23. The van der Waals surface area contributed by atoms with Gasteiger partial charge in [0.1, 0.15) is 34.3 Å². The summed E-state index contributed by atoms with van der Waals surface area (Å²) in [5.74, 6) is -2.25. The summed E-state index contributed by atoms with van der Waals surface area (Å²) in [6.45, 7) is 0.498. The molecule has 2 heterocycles. The lowest BCUT2D eigenvalue weighted by Crippen LogP contribution is -2.36. The van der Waals surface area contributed by atoms with E-state index in [-0.39, 0.29) is 28.0 Å². The predicted molar refractivity (Wildman–Crippen MR) is 108 cm³/mol. The van der Waals surface area contributed by atoms with E-state index >= 15 is 0 Å². The van der Waals surface area contributed by atoms with Crippen molar-refractivity contribution in [2.24, 2.45) is 0 Å². The highest BCUT2D eigenvalue weighted by Crippen LogP contribution is 2.44. The number of aliphatic carboxylic acids is 1. The van der Waals surface area contributed by atoms with E-state index in [2.05, 4.69) is 0 Å². The monoisotopic (exact) mass is 415 g/mol. The zero-order valence-electron chi connectivity index (χ0n) is 15.4. The Kier molecular flexibility index (Phi) is 4.72. The lowest BCUT2D eigenvalue weighted by Gasteiger charge is -2.22. The number of hydrogen-bond donors (Lipinski definition) is 3. The van der Waals surface area contributed by atoms with Crippen molar-refractivity contribution >= 4 is 28.5 Å². The number of halogens is 1. The van der Waals surface area contributed by atoms with Crippen LogP contribution in [0.1, 0.15) is 17.9 Å². The largest absolute Gasteiger partial charge is 0.507 e. The number of benzene rings is 2. The first-order valence-corrected chi connectivity index (χ1v) is 9.38. The molecule has 0 aliphatic carbocycles. The molecule has 4 rings (SSSR count). The van der Waals surface area contributed by atoms with Gasteiger partial charge >= 0.3 is 5.97 Å². The van der Waals surface area contributed by atoms with Gasteiger partial charge in [-0.25, -0.2) is 0 Å². The van der Waals surface area contributed by atoms with Crippen LogP contribution in [0.15, 0.2) is 45.6 Å². The van der Waals surface area contributed by atoms with Crippen molar-refractivity contribution in [3.05, 3.63) is 57.2 Å². The van der Waals surface area contributed by atoms with E-state index in [0.29, 0.717) is 23.6 Å². The van der Waals surface area contributed by atoms with Gasteiger partial charge in [-0.3, -0.25) is 14.5 Å². The first kappa shape index (κ1) is 19.3. The zero-order chi connectivity index (χ0) is 20.9. The molecule has 2 aromatic carbocycles. The van der Waals surface area contributed by atoms with Gasteiger partial charge in [0.15, 0.2) is 5.43 Å². The molecule has 150 valence electrons. The van der Waals surface area contributed by atoms with Crippen molar-refractivity contribution in [1.29, 1.82) is 0 Å². The Balaban J connectivity index is 2.04. The minimum absolute atomic E-state index is 0.0310. The Labute approximate surface area is 170 Å². The molecule has 0 radical (unpaired) electrons. The number of carboxylic acid groups (broad SMARTS) is 1. The van der Waals surface area contributed by atoms with E-state index in [1.165, 1.54) is 6.07 Å². The van der Waals surface area contributed by atoms with Gasteiger partial charge in [0.25, 0.3) is 0 Å². The van der Waals surface area contributed by atoms with E-state index in [4.69, 9.17) is 16.0 Å². The SMILES string of the molecule is CN1CC[C@@H](c2c(O)cc(O)c3c(=O)cc(-c4ccccc4Cl)oc23)[C@@H]1C(=O)O. The van der Waals surface area contributed by atoms with Crippen LogP contribution < -0.4 is 5.43 Å². The lowest BCUT2D eigenvalue weighted by atomic mass is 9.89. The maximum atomic E-state index is 12.8. The number of rotatable bonds is 3. The number of nitrogens with zero attached hydrogens (tertiary/aromatic N) is 1.